The minimum absolute atomic E-state index is 0.0389. The van der Waals surface area contributed by atoms with Crippen LogP contribution in [0.15, 0.2) is 18.2 Å². The fourth-order valence-corrected chi connectivity index (χ4v) is 2.14. The van der Waals surface area contributed by atoms with Gasteiger partial charge in [0.2, 0.25) is 0 Å². The van der Waals surface area contributed by atoms with E-state index in [9.17, 15) is 9.18 Å². The van der Waals surface area contributed by atoms with Crippen LogP contribution in [-0.4, -0.2) is 27.6 Å². The lowest BCUT2D eigenvalue weighted by molar-refractivity contribution is 0.0518. The van der Waals surface area contributed by atoms with Crippen molar-refractivity contribution >= 4 is 29.2 Å². The van der Waals surface area contributed by atoms with E-state index < -0.39 is 11.8 Å². The molecule has 21 heavy (non-hydrogen) atoms. The lowest BCUT2D eigenvalue weighted by Gasteiger charge is -2.06. The van der Waals surface area contributed by atoms with Crippen molar-refractivity contribution in [2.45, 2.75) is 19.3 Å². The van der Waals surface area contributed by atoms with Gasteiger partial charge in [0.05, 0.1) is 29.7 Å². The van der Waals surface area contributed by atoms with Crippen molar-refractivity contribution in [3.8, 4) is 0 Å². The van der Waals surface area contributed by atoms with Crippen LogP contribution in [-0.2, 0) is 17.2 Å². The molecule has 1 aromatic heterocycles. The molecule has 1 aromatic carbocycles. The topological polar surface area (TPSA) is 57.0 Å². The van der Waals surface area contributed by atoms with Gasteiger partial charge in [-0.25, -0.2) is 13.9 Å². The average molecular weight is 332 g/mol. The Morgan fingerprint density at radius 3 is 2.86 bits per heavy atom. The zero-order valence-corrected chi connectivity index (χ0v) is 12.7. The summed E-state index contributed by atoms with van der Waals surface area (Å²) < 4.78 is 19.7. The van der Waals surface area contributed by atoms with Crippen molar-refractivity contribution in [1.82, 2.24) is 15.0 Å². The Bertz CT molecular complexity index is 661. The molecular weight excluding hydrogens is 320 g/mol. The number of nitrogens with zero attached hydrogens (tertiary/aromatic N) is 3. The van der Waals surface area contributed by atoms with Gasteiger partial charge in [-0.15, -0.1) is 16.7 Å². The van der Waals surface area contributed by atoms with Crippen LogP contribution in [0.4, 0.5) is 4.39 Å². The van der Waals surface area contributed by atoms with E-state index in [4.69, 9.17) is 27.9 Å². The molecule has 8 heteroatoms. The number of carbonyl (C=O) groups is 1. The summed E-state index contributed by atoms with van der Waals surface area (Å²) in [5.41, 5.74) is 1.12. The molecule has 0 fully saturated rings. The Morgan fingerprint density at radius 2 is 2.24 bits per heavy atom. The zero-order valence-electron chi connectivity index (χ0n) is 11.1. The van der Waals surface area contributed by atoms with E-state index in [2.05, 4.69) is 10.3 Å². The maximum Gasteiger partial charge on any atom is 0.360 e. The lowest BCUT2D eigenvalue weighted by Crippen LogP contribution is -2.10. The molecule has 0 N–H and O–H groups in total. The number of ether oxygens (including phenoxy) is 1. The number of alkyl halides is 1. The second kappa shape index (κ2) is 6.87. The summed E-state index contributed by atoms with van der Waals surface area (Å²) >= 11 is 11.5. The quantitative estimate of drug-likeness (QED) is 0.624. The maximum absolute atomic E-state index is 13.4. The third kappa shape index (κ3) is 3.51. The molecule has 0 saturated carbocycles. The highest BCUT2D eigenvalue weighted by Gasteiger charge is 2.20. The van der Waals surface area contributed by atoms with Crippen LogP contribution in [0, 0.1) is 5.82 Å². The summed E-state index contributed by atoms with van der Waals surface area (Å²) in [6, 6.07) is 4.41. The largest absolute Gasteiger partial charge is 0.461 e. The van der Waals surface area contributed by atoms with Gasteiger partial charge in [-0.2, -0.15) is 0 Å². The Kier molecular flexibility index (Phi) is 5.14. The number of benzene rings is 1. The van der Waals surface area contributed by atoms with Crippen molar-refractivity contribution in [3.05, 3.63) is 46.0 Å². The molecule has 0 spiro atoms. The highest BCUT2D eigenvalue weighted by Crippen LogP contribution is 2.18. The Labute approximate surface area is 130 Å². The molecule has 112 valence electrons. The minimum atomic E-state index is -0.582. The molecule has 0 bridgehead atoms. The standard InChI is InChI=1S/C13H12Cl2FN3O2/c1-2-21-13(20)12-11(6-14)19(18-17-12)7-8-3-4-9(15)10(16)5-8/h3-5H,2,6-7H2,1H3. The van der Waals surface area contributed by atoms with Gasteiger partial charge in [0.1, 0.15) is 5.82 Å². The molecule has 0 aliphatic heterocycles. The molecule has 0 aliphatic rings. The molecule has 0 saturated heterocycles. The molecule has 2 rings (SSSR count). The number of esters is 1. The van der Waals surface area contributed by atoms with Gasteiger partial charge >= 0.3 is 5.97 Å². The first-order valence-corrected chi connectivity index (χ1v) is 7.07. The molecule has 1 heterocycles. The van der Waals surface area contributed by atoms with Crippen LogP contribution < -0.4 is 0 Å². The Morgan fingerprint density at radius 1 is 1.48 bits per heavy atom. The monoisotopic (exact) mass is 331 g/mol. The predicted octanol–water partition coefficient (Wildman–Crippen LogP) is 3.03. The van der Waals surface area contributed by atoms with E-state index in [-0.39, 0.29) is 29.7 Å². The second-order valence-corrected chi connectivity index (χ2v) is 4.82. The van der Waals surface area contributed by atoms with Gasteiger partial charge in [0, 0.05) is 0 Å². The fraction of sp³-hybridized carbons (Fsp3) is 0.308. The SMILES string of the molecule is CCOC(=O)c1nnn(Cc2ccc(Cl)c(F)c2)c1CCl. The van der Waals surface area contributed by atoms with Crippen molar-refractivity contribution in [2.24, 2.45) is 0 Å². The average Bonchev–Trinajstić information content (AvgIpc) is 2.86. The minimum Gasteiger partial charge on any atom is -0.461 e. The number of rotatable bonds is 5. The summed E-state index contributed by atoms with van der Waals surface area (Å²) in [6.07, 6.45) is 0. The van der Waals surface area contributed by atoms with Crippen LogP contribution in [0.2, 0.25) is 5.02 Å². The first-order valence-electron chi connectivity index (χ1n) is 6.16. The Balaban J connectivity index is 2.28. The molecule has 0 radical (unpaired) electrons. The van der Waals surface area contributed by atoms with Gasteiger partial charge in [0.15, 0.2) is 5.69 Å². The smallest absolute Gasteiger partial charge is 0.360 e. The van der Waals surface area contributed by atoms with Gasteiger partial charge in [-0.3, -0.25) is 0 Å². The number of halogens is 3. The zero-order chi connectivity index (χ0) is 15.4. The summed E-state index contributed by atoms with van der Waals surface area (Å²) in [4.78, 5) is 11.7. The van der Waals surface area contributed by atoms with E-state index >= 15 is 0 Å². The van der Waals surface area contributed by atoms with Crippen LogP contribution in [0.5, 0.6) is 0 Å². The van der Waals surface area contributed by atoms with Gasteiger partial charge < -0.3 is 4.74 Å². The van der Waals surface area contributed by atoms with Crippen LogP contribution >= 0.6 is 23.2 Å². The lowest BCUT2D eigenvalue weighted by atomic mass is 10.2. The summed E-state index contributed by atoms with van der Waals surface area (Å²) in [5.74, 6) is -1.06. The third-order valence-electron chi connectivity index (χ3n) is 2.75. The Hall–Kier alpha value is -1.66. The summed E-state index contributed by atoms with van der Waals surface area (Å²) in [7, 11) is 0. The van der Waals surface area contributed by atoms with Crippen molar-refractivity contribution in [2.75, 3.05) is 6.61 Å². The van der Waals surface area contributed by atoms with E-state index in [1.807, 2.05) is 0 Å². The number of carbonyl (C=O) groups excluding carboxylic acids is 1. The fourth-order valence-electron chi connectivity index (χ4n) is 1.76. The second-order valence-electron chi connectivity index (χ2n) is 4.14. The highest BCUT2D eigenvalue weighted by atomic mass is 35.5. The summed E-state index contributed by atoms with van der Waals surface area (Å²) in [5, 5.41) is 7.68. The van der Waals surface area contributed by atoms with E-state index in [1.54, 1.807) is 13.0 Å². The molecule has 5 nitrogen and oxygen atoms in total. The number of hydrogen-bond donors (Lipinski definition) is 0. The maximum atomic E-state index is 13.4. The third-order valence-corrected chi connectivity index (χ3v) is 3.31. The van der Waals surface area contributed by atoms with Crippen LogP contribution in [0.25, 0.3) is 0 Å². The molecule has 0 atom stereocenters. The normalized spacial score (nSPS) is 10.7. The van der Waals surface area contributed by atoms with E-state index in [1.165, 1.54) is 16.8 Å². The van der Waals surface area contributed by atoms with Crippen molar-refractivity contribution < 1.29 is 13.9 Å². The van der Waals surface area contributed by atoms with Gasteiger partial charge in [0.25, 0.3) is 0 Å². The molecule has 0 aliphatic carbocycles. The predicted molar refractivity (Wildman–Crippen MR) is 76.0 cm³/mol. The van der Waals surface area contributed by atoms with Gasteiger partial charge in [-0.05, 0) is 24.6 Å². The number of hydrogen-bond acceptors (Lipinski definition) is 4. The van der Waals surface area contributed by atoms with Crippen molar-refractivity contribution in [3.63, 3.8) is 0 Å². The van der Waals surface area contributed by atoms with E-state index in [0.717, 1.165) is 0 Å². The molecule has 2 aromatic rings. The van der Waals surface area contributed by atoms with Crippen LogP contribution in [0.1, 0.15) is 28.7 Å². The molecule has 0 amide bonds. The van der Waals surface area contributed by atoms with Crippen LogP contribution in [0.3, 0.4) is 0 Å². The van der Waals surface area contributed by atoms with Gasteiger partial charge in [-0.1, -0.05) is 22.9 Å². The summed E-state index contributed by atoms with van der Waals surface area (Å²) in [6.45, 7) is 2.15. The van der Waals surface area contributed by atoms with E-state index in [0.29, 0.717) is 11.3 Å². The molecule has 0 unspecified atom stereocenters. The first kappa shape index (κ1) is 15.7. The molecular formula is C13H12Cl2FN3O2. The highest BCUT2D eigenvalue weighted by molar-refractivity contribution is 6.30. The number of aromatic nitrogens is 3. The first-order chi connectivity index (χ1) is 10.1. The van der Waals surface area contributed by atoms with Crippen molar-refractivity contribution in [1.29, 1.82) is 0 Å².